The molecule has 2 fully saturated rings. The zero-order chi connectivity index (χ0) is 20.8. The van der Waals surface area contributed by atoms with Crippen molar-refractivity contribution in [2.45, 2.75) is 64.8 Å². The maximum absolute atomic E-state index is 13.1. The van der Waals surface area contributed by atoms with E-state index in [0.717, 1.165) is 31.2 Å². The van der Waals surface area contributed by atoms with Crippen molar-refractivity contribution in [2.75, 3.05) is 13.1 Å². The van der Waals surface area contributed by atoms with E-state index in [0.29, 0.717) is 25.9 Å². The highest BCUT2D eigenvalue weighted by Gasteiger charge is 2.34. The Kier molecular flexibility index (Phi) is 7.45. The van der Waals surface area contributed by atoms with Crippen LogP contribution in [0.1, 0.15) is 69.2 Å². The fraction of sp³-hybridized carbons (Fsp3) is 0.625. The van der Waals surface area contributed by atoms with Gasteiger partial charge in [0, 0.05) is 30.5 Å². The molecule has 1 N–H and O–H groups in total. The lowest BCUT2D eigenvalue weighted by molar-refractivity contribution is -0.140. The minimum absolute atomic E-state index is 0.00484. The molecule has 1 unspecified atom stereocenters. The molecule has 2 amide bonds. The van der Waals surface area contributed by atoms with Crippen LogP contribution in [0, 0.1) is 17.8 Å². The lowest BCUT2D eigenvalue weighted by atomic mass is 9.87. The highest BCUT2D eigenvalue weighted by atomic mass is 16.2. The molecule has 1 aliphatic carbocycles. The summed E-state index contributed by atoms with van der Waals surface area (Å²) in [6, 6.07) is 8.91. The van der Waals surface area contributed by atoms with Crippen LogP contribution in [0.3, 0.4) is 0 Å². The van der Waals surface area contributed by atoms with Crippen molar-refractivity contribution in [1.82, 2.24) is 10.2 Å². The van der Waals surface area contributed by atoms with Crippen LogP contribution in [0.4, 0.5) is 0 Å². The highest BCUT2D eigenvalue weighted by Crippen LogP contribution is 2.25. The molecule has 1 heterocycles. The zero-order valence-electron chi connectivity index (χ0n) is 17.7. The van der Waals surface area contributed by atoms with Crippen LogP contribution in [0.15, 0.2) is 30.3 Å². The molecule has 5 heteroatoms. The molecular formula is C24H34N2O3. The second-order valence-corrected chi connectivity index (χ2v) is 8.90. The minimum Gasteiger partial charge on any atom is -0.344 e. The van der Waals surface area contributed by atoms with E-state index >= 15 is 0 Å². The number of nitrogens with zero attached hydrogens (tertiary/aromatic N) is 1. The third-order valence-electron chi connectivity index (χ3n) is 6.44. The van der Waals surface area contributed by atoms with Crippen LogP contribution >= 0.6 is 0 Å². The average Bonchev–Trinajstić information content (AvgIpc) is 2.77. The number of hydrogen-bond acceptors (Lipinski definition) is 3. The molecule has 1 aromatic carbocycles. The van der Waals surface area contributed by atoms with Crippen molar-refractivity contribution in [3.05, 3.63) is 35.9 Å². The maximum atomic E-state index is 13.1. The van der Waals surface area contributed by atoms with Gasteiger partial charge in [-0.3, -0.25) is 14.4 Å². The molecule has 29 heavy (non-hydrogen) atoms. The molecule has 0 aromatic heterocycles. The average molecular weight is 399 g/mol. The van der Waals surface area contributed by atoms with Gasteiger partial charge in [0.05, 0.1) is 0 Å². The summed E-state index contributed by atoms with van der Waals surface area (Å²) in [5, 5.41) is 3.05. The first-order chi connectivity index (χ1) is 14.0. The molecule has 5 nitrogen and oxygen atoms in total. The lowest BCUT2D eigenvalue weighted by Crippen LogP contribution is -2.54. The number of rotatable bonds is 6. The van der Waals surface area contributed by atoms with Gasteiger partial charge in [-0.15, -0.1) is 0 Å². The van der Waals surface area contributed by atoms with E-state index in [1.165, 1.54) is 6.42 Å². The Morgan fingerprint density at radius 1 is 0.897 bits per heavy atom. The monoisotopic (exact) mass is 398 g/mol. The van der Waals surface area contributed by atoms with E-state index in [2.05, 4.69) is 5.32 Å². The van der Waals surface area contributed by atoms with Gasteiger partial charge >= 0.3 is 0 Å². The van der Waals surface area contributed by atoms with Crippen molar-refractivity contribution in [1.29, 1.82) is 0 Å². The van der Waals surface area contributed by atoms with E-state index in [-0.39, 0.29) is 35.4 Å². The Balaban J connectivity index is 1.55. The summed E-state index contributed by atoms with van der Waals surface area (Å²) in [5.41, 5.74) is 0.747. The van der Waals surface area contributed by atoms with Gasteiger partial charge in [0.15, 0.2) is 5.78 Å². The second-order valence-electron chi connectivity index (χ2n) is 8.90. The topological polar surface area (TPSA) is 66.5 Å². The number of carbonyl (C=O) groups is 3. The summed E-state index contributed by atoms with van der Waals surface area (Å²) in [5.74, 6) is 0.255. The fourth-order valence-corrected chi connectivity index (χ4v) is 4.55. The zero-order valence-corrected chi connectivity index (χ0v) is 17.7. The van der Waals surface area contributed by atoms with E-state index < -0.39 is 6.04 Å². The summed E-state index contributed by atoms with van der Waals surface area (Å²) < 4.78 is 0. The second kappa shape index (κ2) is 10.0. The Bertz CT molecular complexity index is 702. The summed E-state index contributed by atoms with van der Waals surface area (Å²) in [4.78, 5) is 40.3. The van der Waals surface area contributed by atoms with Crippen LogP contribution in [0.5, 0.6) is 0 Å². The van der Waals surface area contributed by atoms with Gasteiger partial charge in [0.25, 0.3) is 0 Å². The number of likely N-dealkylation sites (tertiary alicyclic amines) is 1. The third kappa shape index (κ3) is 5.46. The number of benzene rings is 1. The third-order valence-corrected chi connectivity index (χ3v) is 6.44. The standard InChI is InChI=1S/C24H34N2O3/c1-17(2)21(25-23(28)20-11-7-4-8-12-20)24(29)26-15-13-19(14-16-26)22(27)18-9-5-3-6-10-18/h3,5-6,9-10,17,19-21H,4,7-8,11-16H2,1-2H3,(H,25,28). The van der Waals surface area contributed by atoms with E-state index in [4.69, 9.17) is 0 Å². The van der Waals surface area contributed by atoms with Crippen molar-refractivity contribution in [3.8, 4) is 0 Å². The number of piperidine rings is 1. The molecule has 1 aliphatic heterocycles. The van der Waals surface area contributed by atoms with Gasteiger partial charge in [-0.1, -0.05) is 63.4 Å². The Labute approximate surface area is 174 Å². The maximum Gasteiger partial charge on any atom is 0.245 e. The van der Waals surface area contributed by atoms with Crippen LogP contribution in [0.2, 0.25) is 0 Å². The summed E-state index contributed by atoms with van der Waals surface area (Å²) in [6.45, 7) is 5.11. The molecule has 0 bridgehead atoms. The summed E-state index contributed by atoms with van der Waals surface area (Å²) >= 11 is 0. The van der Waals surface area contributed by atoms with Crippen molar-refractivity contribution >= 4 is 17.6 Å². The molecular weight excluding hydrogens is 364 g/mol. The lowest BCUT2D eigenvalue weighted by Gasteiger charge is -2.35. The smallest absolute Gasteiger partial charge is 0.245 e. The van der Waals surface area contributed by atoms with Crippen LogP contribution in [0.25, 0.3) is 0 Å². The molecule has 158 valence electrons. The first-order valence-corrected chi connectivity index (χ1v) is 11.2. The van der Waals surface area contributed by atoms with E-state index in [9.17, 15) is 14.4 Å². The molecule has 0 radical (unpaired) electrons. The van der Waals surface area contributed by atoms with E-state index in [1.807, 2.05) is 49.1 Å². The Morgan fingerprint density at radius 3 is 2.10 bits per heavy atom. The Morgan fingerprint density at radius 2 is 1.52 bits per heavy atom. The first kappa shape index (κ1) is 21.5. The highest BCUT2D eigenvalue weighted by molar-refractivity contribution is 5.98. The van der Waals surface area contributed by atoms with Gasteiger partial charge in [0.2, 0.25) is 11.8 Å². The fourth-order valence-electron chi connectivity index (χ4n) is 4.55. The predicted octanol–water partition coefficient (Wildman–Crippen LogP) is 3.83. The van der Waals surface area contributed by atoms with Crippen LogP contribution in [-0.2, 0) is 9.59 Å². The normalized spacial score (nSPS) is 19.8. The number of hydrogen-bond donors (Lipinski definition) is 1. The minimum atomic E-state index is -0.481. The number of carbonyl (C=O) groups excluding carboxylic acids is 3. The largest absolute Gasteiger partial charge is 0.344 e. The summed E-state index contributed by atoms with van der Waals surface area (Å²) in [7, 11) is 0. The van der Waals surface area contributed by atoms with Crippen LogP contribution in [-0.4, -0.2) is 41.6 Å². The van der Waals surface area contributed by atoms with Crippen molar-refractivity contribution < 1.29 is 14.4 Å². The SMILES string of the molecule is CC(C)C(NC(=O)C1CCCCC1)C(=O)N1CCC(C(=O)c2ccccc2)CC1. The predicted molar refractivity (Wildman–Crippen MR) is 113 cm³/mol. The van der Waals surface area contributed by atoms with Gasteiger partial charge in [-0.25, -0.2) is 0 Å². The molecule has 1 atom stereocenters. The van der Waals surface area contributed by atoms with Gasteiger partial charge in [-0.2, -0.15) is 0 Å². The number of ketones is 1. The van der Waals surface area contributed by atoms with Gasteiger partial charge in [-0.05, 0) is 31.6 Å². The van der Waals surface area contributed by atoms with Crippen molar-refractivity contribution in [2.24, 2.45) is 17.8 Å². The molecule has 1 aromatic rings. The molecule has 1 saturated heterocycles. The number of amides is 2. The van der Waals surface area contributed by atoms with Crippen LogP contribution < -0.4 is 5.32 Å². The number of nitrogens with one attached hydrogen (secondary N) is 1. The quantitative estimate of drug-likeness (QED) is 0.741. The van der Waals surface area contributed by atoms with Gasteiger partial charge < -0.3 is 10.2 Å². The van der Waals surface area contributed by atoms with Gasteiger partial charge in [0.1, 0.15) is 6.04 Å². The van der Waals surface area contributed by atoms with E-state index in [1.54, 1.807) is 0 Å². The molecule has 1 saturated carbocycles. The summed E-state index contributed by atoms with van der Waals surface area (Å²) in [6.07, 6.45) is 6.62. The molecule has 3 rings (SSSR count). The van der Waals surface area contributed by atoms with Crippen molar-refractivity contribution in [3.63, 3.8) is 0 Å². The molecule has 0 spiro atoms. The first-order valence-electron chi connectivity index (χ1n) is 11.2. The number of Topliss-reactive ketones (excluding diaryl/α,β-unsaturated/α-hetero) is 1. The Hall–Kier alpha value is -2.17. The molecule has 2 aliphatic rings.